The van der Waals surface area contributed by atoms with Gasteiger partial charge in [-0.25, -0.2) is 9.78 Å². The molecule has 0 aliphatic heterocycles. The summed E-state index contributed by atoms with van der Waals surface area (Å²) in [6.07, 6.45) is 0. The Hall–Kier alpha value is -0.160. The van der Waals surface area contributed by atoms with Crippen LogP contribution in [0.4, 0.5) is 0 Å². The normalized spacial score (nSPS) is 7.09. The lowest BCUT2D eigenvalue weighted by atomic mass is 10.9. The van der Waals surface area contributed by atoms with Crippen LogP contribution < -0.4 is 0 Å². The monoisotopic (exact) mass is 168 g/mol. The maximum atomic E-state index is 7.57. The lowest BCUT2D eigenvalue weighted by molar-refractivity contribution is -0.268. The van der Waals surface area contributed by atoms with E-state index in [4.69, 9.17) is 10.2 Å². The molecule has 0 rings (SSSR count). The van der Waals surface area contributed by atoms with Crippen LogP contribution in [0, 0.1) is 0 Å². The van der Waals surface area contributed by atoms with Gasteiger partial charge in [-0.05, 0) is 20.8 Å². The molecule has 0 aromatic heterocycles. The second-order valence-electron chi connectivity index (χ2n) is 1.21. The summed E-state index contributed by atoms with van der Waals surface area (Å²) in [6, 6.07) is 0. The first-order valence-corrected chi connectivity index (χ1v) is 3.62. The van der Waals surface area contributed by atoms with E-state index in [2.05, 4.69) is 9.78 Å². The number of aliphatic hydroxyl groups excluding tert-OH is 2. The van der Waals surface area contributed by atoms with Crippen molar-refractivity contribution < 1.29 is 20.0 Å². The van der Waals surface area contributed by atoms with Crippen LogP contribution >= 0.6 is 0 Å². The minimum atomic E-state index is 0.250. The topological polar surface area (TPSA) is 58.9 Å². The molecule has 0 fully saturated rings. The lowest BCUT2D eigenvalue weighted by Crippen LogP contribution is -1.83. The van der Waals surface area contributed by atoms with Gasteiger partial charge < -0.3 is 10.2 Å². The van der Waals surface area contributed by atoms with Crippen LogP contribution in [0.15, 0.2) is 0 Å². The molecule has 2 N–H and O–H groups in total. The average Bonchev–Trinajstić information content (AvgIpc) is 1.92. The molecule has 4 heteroatoms. The maximum absolute atomic E-state index is 7.57. The third-order valence-corrected chi connectivity index (χ3v) is 0.236. The number of aliphatic hydroxyl groups is 2. The first kappa shape index (κ1) is 17.1. The van der Waals surface area contributed by atoms with Crippen molar-refractivity contribution in [3.05, 3.63) is 0 Å². The summed E-state index contributed by atoms with van der Waals surface area (Å²) >= 11 is 0. The van der Waals surface area contributed by atoms with E-state index >= 15 is 0 Å². The minimum absolute atomic E-state index is 0.250. The molecule has 0 saturated carbocycles. The molecule has 0 aromatic carbocycles. The van der Waals surface area contributed by atoms with Crippen LogP contribution in [0.3, 0.4) is 0 Å². The molecule has 72 valence electrons. The highest BCUT2D eigenvalue weighted by molar-refractivity contribution is 3.90. The van der Waals surface area contributed by atoms with E-state index in [0.29, 0.717) is 6.61 Å². The predicted molar refractivity (Wildman–Crippen MR) is 44.2 cm³/mol. The summed E-state index contributed by atoms with van der Waals surface area (Å²) in [7, 11) is 1.49. The second-order valence-corrected chi connectivity index (χ2v) is 1.21. The van der Waals surface area contributed by atoms with Gasteiger partial charge in [-0.1, -0.05) is 0 Å². The third-order valence-electron chi connectivity index (χ3n) is 0.236. The van der Waals surface area contributed by atoms with Gasteiger partial charge in [0.2, 0.25) is 0 Å². The first-order valence-electron chi connectivity index (χ1n) is 3.62. The Balaban J connectivity index is -0.0000000933. The number of rotatable bonds is 2. The molecule has 4 nitrogen and oxygen atoms in total. The predicted octanol–water partition coefficient (Wildman–Crippen LogP) is 0.581. The van der Waals surface area contributed by atoms with E-state index in [1.807, 2.05) is 6.92 Å². The van der Waals surface area contributed by atoms with Gasteiger partial charge >= 0.3 is 0 Å². The van der Waals surface area contributed by atoms with Crippen molar-refractivity contribution in [1.82, 2.24) is 0 Å². The van der Waals surface area contributed by atoms with Crippen LogP contribution in [0.25, 0.3) is 0 Å². The van der Waals surface area contributed by atoms with E-state index in [1.165, 1.54) is 7.11 Å². The fraction of sp³-hybridized carbons (Fsp3) is 1.00. The van der Waals surface area contributed by atoms with Crippen LogP contribution in [0.1, 0.15) is 20.8 Å². The van der Waals surface area contributed by atoms with Gasteiger partial charge in [0, 0.05) is 13.2 Å². The highest BCUT2D eigenvalue weighted by atomic mass is 17.2. The highest BCUT2D eigenvalue weighted by Gasteiger charge is 1.63. The van der Waals surface area contributed by atoms with E-state index in [0.717, 1.165) is 0 Å². The standard InChI is InChI=1S/C3H8O2.2C2H6O/c1-3-5-4-2;2*1-2-3/h3H2,1-2H3;2*3H,2H2,1H3. The summed E-state index contributed by atoms with van der Waals surface area (Å²) in [4.78, 5) is 8.52. The smallest absolute Gasteiger partial charge is 0.0794 e. The van der Waals surface area contributed by atoms with Gasteiger partial charge in [-0.15, -0.1) is 0 Å². The molecule has 0 bridgehead atoms. The summed E-state index contributed by atoms with van der Waals surface area (Å²) < 4.78 is 0. The first-order chi connectivity index (χ1) is 5.24. The van der Waals surface area contributed by atoms with Crippen molar-refractivity contribution >= 4 is 0 Å². The number of hydrogen-bond donors (Lipinski definition) is 2. The lowest BCUT2D eigenvalue weighted by Gasteiger charge is -1.86. The maximum Gasteiger partial charge on any atom is 0.0794 e. The third kappa shape index (κ3) is 179. The van der Waals surface area contributed by atoms with Crippen molar-refractivity contribution in [3.63, 3.8) is 0 Å². The van der Waals surface area contributed by atoms with Gasteiger partial charge in [0.05, 0.1) is 13.7 Å². The summed E-state index contributed by atoms with van der Waals surface area (Å²) in [5.41, 5.74) is 0. The molecule has 0 aliphatic carbocycles. The highest BCUT2D eigenvalue weighted by Crippen LogP contribution is 1.64. The van der Waals surface area contributed by atoms with E-state index < -0.39 is 0 Å². The Morgan fingerprint density at radius 1 is 1.00 bits per heavy atom. The minimum Gasteiger partial charge on any atom is -0.397 e. The molecule has 0 aromatic rings. The zero-order valence-corrected chi connectivity index (χ0v) is 7.83. The molecule has 0 aliphatic rings. The Morgan fingerprint density at radius 3 is 1.27 bits per heavy atom. The molecule has 0 atom stereocenters. The summed E-state index contributed by atoms with van der Waals surface area (Å²) in [6.45, 7) is 6.35. The quantitative estimate of drug-likeness (QED) is 0.468. The average molecular weight is 168 g/mol. The molecule has 0 heterocycles. The van der Waals surface area contributed by atoms with Crippen molar-refractivity contribution in [2.24, 2.45) is 0 Å². The van der Waals surface area contributed by atoms with Gasteiger partial charge in [0.25, 0.3) is 0 Å². The van der Waals surface area contributed by atoms with Crippen LogP contribution in [-0.2, 0) is 9.78 Å². The number of hydrogen-bond acceptors (Lipinski definition) is 4. The Bertz CT molecular complexity index is 29.6. The SMILES string of the molecule is CCO.CCO.CCOOC. The van der Waals surface area contributed by atoms with Crippen LogP contribution in [0.5, 0.6) is 0 Å². The fourth-order valence-electron chi connectivity index (χ4n) is 0.118. The largest absolute Gasteiger partial charge is 0.397 e. The zero-order chi connectivity index (χ0) is 9.54. The van der Waals surface area contributed by atoms with Crippen molar-refractivity contribution in [2.45, 2.75) is 20.8 Å². The summed E-state index contributed by atoms with van der Waals surface area (Å²) in [5, 5.41) is 15.1. The zero-order valence-electron chi connectivity index (χ0n) is 7.83. The van der Waals surface area contributed by atoms with Crippen LogP contribution in [0.2, 0.25) is 0 Å². The fourth-order valence-corrected chi connectivity index (χ4v) is 0.118. The Morgan fingerprint density at radius 2 is 1.27 bits per heavy atom. The van der Waals surface area contributed by atoms with Crippen molar-refractivity contribution in [3.8, 4) is 0 Å². The molecule has 0 amide bonds. The molecular formula is C7H20O4. The van der Waals surface area contributed by atoms with Gasteiger partial charge in [0.15, 0.2) is 0 Å². The molecule has 0 spiro atoms. The van der Waals surface area contributed by atoms with E-state index in [9.17, 15) is 0 Å². The molecule has 0 radical (unpaired) electrons. The second kappa shape index (κ2) is 32.8. The van der Waals surface area contributed by atoms with Gasteiger partial charge in [-0.2, -0.15) is 0 Å². The van der Waals surface area contributed by atoms with Crippen molar-refractivity contribution in [2.75, 3.05) is 26.9 Å². The van der Waals surface area contributed by atoms with Gasteiger partial charge in [-0.3, -0.25) is 0 Å². The molecule has 0 saturated heterocycles. The van der Waals surface area contributed by atoms with Gasteiger partial charge in [0.1, 0.15) is 0 Å². The van der Waals surface area contributed by atoms with E-state index in [-0.39, 0.29) is 13.2 Å². The molecule has 11 heavy (non-hydrogen) atoms. The molecular weight excluding hydrogens is 148 g/mol. The van der Waals surface area contributed by atoms with E-state index in [1.54, 1.807) is 13.8 Å². The summed E-state index contributed by atoms with van der Waals surface area (Å²) in [5.74, 6) is 0. The molecule has 0 unspecified atom stereocenters. The van der Waals surface area contributed by atoms with Crippen LogP contribution in [-0.4, -0.2) is 37.1 Å². The Kier molecular flexibility index (Phi) is 51.0. The van der Waals surface area contributed by atoms with Crippen molar-refractivity contribution in [1.29, 1.82) is 0 Å². The Labute approximate surface area is 68.7 Å².